The Bertz CT molecular complexity index is 558. The number of likely N-dealkylation sites (N-methyl/N-ethyl adjacent to an activating group) is 1. The van der Waals surface area contributed by atoms with Crippen LogP contribution in [0.2, 0.25) is 0 Å². The minimum absolute atomic E-state index is 0.211. The smallest absolute Gasteiger partial charge is 0.243 e. The van der Waals surface area contributed by atoms with Gasteiger partial charge in [-0.25, -0.2) is 8.42 Å². The van der Waals surface area contributed by atoms with E-state index in [0.29, 0.717) is 18.0 Å². The van der Waals surface area contributed by atoms with Gasteiger partial charge in [-0.05, 0) is 37.6 Å². The maximum atomic E-state index is 12.7. The van der Waals surface area contributed by atoms with Crippen molar-refractivity contribution in [1.82, 2.24) is 9.62 Å². The van der Waals surface area contributed by atoms with E-state index in [9.17, 15) is 8.42 Å². The van der Waals surface area contributed by atoms with Crippen molar-refractivity contribution in [3.8, 4) is 0 Å². The summed E-state index contributed by atoms with van der Waals surface area (Å²) in [5.74, 6) is 0. The number of nitrogens with one attached hydrogen (secondary N) is 1. The molecule has 6 heteroatoms. The lowest BCUT2D eigenvalue weighted by molar-refractivity contribution is 0.149. The van der Waals surface area contributed by atoms with Crippen molar-refractivity contribution in [2.45, 2.75) is 38.3 Å². The lowest BCUT2D eigenvalue weighted by Crippen LogP contribution is -2.38. The average molecular weight is 314 g/mol. The summed E-state index contributed by atoms with van der Waals surface area (Å²) in [5.41, 5.74) is 1.72. The van der Waals surface area contributed by atoms with Gasteiger partial charge in [0.15, 0.2) is 0 Å². The van der Waals surface area contributed by atoms with Crippen LogP contribution in [0.1, 0.15) is 25.0 Å². The second-order valence-corrected chi connectivity index (χ2v) is 7.17. The van der Waals surface area contributed by atoms with Crippen LogP contribution in [0.3, 0.4) is 0 Å². The maximum absolute atomic E-state index is 12.7. The fourth-order valence-electron chi connectivity index (χ4n) is 2.04. The van der Waals surface area contributed by atoms with Gasteiger partial charge >= 0.3 is 0 Å². The highest BCUT2D eigenvalue weighted by Gasteiger charge is 2.27. The van der Waals surface area contributed by atoms with Gasteiger partial charge in [-0.1, -0.05) is 19.1 Å². The number of methoxy groups -OCH3 is 1. The van der Waals surface area contributed by atoms with E-state index in [1.54, 1.807) is 20.2 Å². The zero-order valence-corrected chi connectivity index (χ0v) is 14.3. The van der Waals surface area contributed by atoms with Crippen LogP contribution >= 0.6 is 0 Å². The van der Waals surface area contributed by atoms with Crippen molar-refractivity contribution in [1.29, 1.82) is 0 Å². The molecule has 1 aromatic rings. The number of hydrogen-bond donors (Lipinski definition) is 1. The molecular formula is C15H26N2O3S. The Morgan fingerprint density at radius 2 is 2.05 bits per heavy atom. The monoisotopic (exact) mass is 314 g/mol. The first-order chi connectivity index (χ1) is 9.84. The van der Waals surface area contributed by atoms with Gasteiger partial charge in [0, 0.05) is 26.7 Å². The Labute approximate surface area is 128 Å². The van der Waals surface area contributed by atoms with Crippen molar-refractivity contribution >= 4 is 10.0 Å². The van der Waals surface area contributed by atoms with E-state index >= 15 is 0 Å². The molecule has 1 atom stereocenters. The normalized spacial score (nSPS) is 13.6. The van der Waals surface area contributed by atoms with E-state index in [-0.39, 0.29) is 6.04 Å². The zero-order valence-electron chi connectivity index (χ0n) is 13.5. The summed E-state index contributed by atoms with van der Waals surface area (Å²) in [6.07, 6.45) is 0. The second-order valence-electron chi connectivity index (χ2n) is 5.21. The molecule has 0 amide bonds. The third kappa shape index (κ3) is 4.51. The topological polar surface area (TPSA) is 58.6 Å². The van der Waals surface area contributed by atoms with Gasteiger partial charge < -0.3 is 10.1 Å². The predicted octanol–water partition coefficient (Wildman–Crippen LogP) is 1.76. The molecule has 1 rings (SSSR count). The van der Waals surface area contributed by atoms with Crippen molar-refractivity contribution in [2.24, 2.45) is 0 Å². The first-order valence-corrected chi connectivity index (χ1v) is 8.55. The van der Waals surface area contributed by atoms with Crippen molar-refractivity contribution in [3.63, 3.8) is 0 Å². The Hall–Kier alpha value is -0.950. The van der Waals surface area contributed by atoms with Crippen LogP contribution in [-0.4, -0.2) is 46.1 Å². The van der Waals surface area contributed by atoms with Crippen LogP contribution in [0.5, 0.6) is 0 Å². The van der Waals surface area contributed by atoms with E-state index in [2.05, 4.69) is 5.32 Å². The highest BCUT2D eigenvalue weighted by Crippen LogP contribution is 2.22. The molecule has 0 saturated heterocycles. The Kier molecular flexibility index (Phi) is 6.80. The molecule has 1 aromatic carbocycles. The molecule has 0 aliphatic carbocycles. The highest BCUT2D eigenvalue weighted by atomic mass is 32.2. The third-order valence-corrected chi connectivity index (χ3v) is 5.63. The number of hydrogen-bond acceptors (Lipinski definition) is 4. The van der Waals surface area contributed by atoms with Crippen LogP contribution in [-0.2, 0) is 21.3 Å². The number of aryl methyl sites for hydroxylation is 1. The summed E-state index contributed by atoms with van der Waals surface area (Å²) in [6.45, 7) is 7.55. The fourth-order valence-corrected chi connectivity index (χ4v) is 3.66. The van der Waals surface area contributed by atoms with Crippen LogP contribution in [0.4, 0.5) is 0 Å². The molecule has 0 saturated carbocycles. The summed E-state index contributed by atoms with van der Waals surface area (Å²) in [5, 5.41) is 3.21. The molecule has 5 nitrogen and oxygen atoms in total. The van der Waals surface area contributed by atoms with Gasteiger partial charge in [-0.15, -0.1) is 0 Å². The summed E-state index contributed by atoms with van der Waals surface area (Å²) in [4.78, 5) is 0.364. The molecule has 0 aromatic heterocycles. The molecule has 0 spiro atoms. The van der Waals surface area contributed by atoms with Crippen LogP contribution in [0, 0.1) is 6.92 Å². The SMILES string of the molecule is CCNCc1ccc(C)c(S(=O)(=O)N(C)C(C)COC)c1. The van der Waals surface area contributed by atoms with Crippen molar-refractivity contribution in [2.75, 3.05) is 27.3 Å². The van der Waals surface area contributed by atoms with Gasteiger partial charge in [0.2, 0.25) is 10.0 Å². The van der Waals surface area contributed by atoms with E-state index < -0.39 is 10.0 Å². The van der Waals surface area contributed by atoms with Crippen molar-refractivity contribution in [3.05, 3.63) is 29.3 Å². The molecule has 0 radical (unpaired) electrons. The first-order valence-electron chi connectivity index (χ1n) is 7.11. The standard InChI is InChI=1S/C15H26N2O3S/c1-6-16-10-14-8-7-12(2)15(9-14)21(18,19)17(4)13(3)11-20-5/h7-9,13,16H,6,10-11H2,1-5H3. The van der Waals surface area contributed by atoms with E-state index in [0.717, 1.165) is 17.7 Å². The largest absolute Gasteiger partial charge is 0.383 e. The van der Waals surface area contributed by atoms with Crippen LogP contribution < -0.4 is 5.32 Å². The van der Waals surface area contributed by atoms with Gasteiger partial charge in [0.1, 0.15) is 0 Å². The summed E-state index contributed by atoms with van der Waals surface area (Å²) in [7, 11) is -0.352. The van der Waals surface area contributed by atoms with Crippen LogP contribution in [0.15, 0.2) is 23.1 Å². The van der Waals surface area contributed by atoms with Gasteiger partial charge in [-0.3, -0.25) is 0 Å². The minimum Gasteiger partial charge on any atom is -0.383 e. The third-order valence-electron chi connectivity index (χ3n) is 3.52. The molecule has 21 heavy (non-hydrogen) atoms. The number of sulfonamides is 1. The molecule has 0 aliphatic rings. The van der Waals surface area contributed by atoms with Crippen molar-refractivity contribution < 1.29 is 13.2 Å². The van der Waals surface area contributed by atoms with Crippen LogP contribution in [0.25, 0.3) is 0 Å². The Morgan fingerprint density at radius 1 is 1.38 bits per heavy atom. The number of ether oxygens (including phenoxy) is 1. The lowest BCUT2D eigenvalue weighted by atomic mass is 10.1. The van der Waals surface area contributed by atoms with Gasteiger partial charge in [0.25, 0.3) is 0 Å². The first kappa shape index (κ1) is 18.1. The molecule has 0 fully saturated rings. The van der Waals surface area contributed by atoms with Gasteiger partial charge in [0.05, 0.1) is 11.5 Å². The summed E-state index contributed by atoms with van der Waals surface area (Å²) < 4.78 is 31.9. The minimum atomic E-state index is -3.51. The Balaban J connectivity index is 3.12. The average Bonchev–Trinajstić information content (AvgIpc) is 2.45. The van der Waals surface area contributed by atoms with E-state index in [1.165, 1.54) is 4.31 Å². The Morgan fingerprint density at radius 3 is 2.62 bits per heavy atom. The number of benzene rings is 1. The summed E-state index contributed by atoms with van der Waals surface area (Å²) in [6, 6.07) is 5.35. The maximum Gasteiger partial charge on any atom is 0.243 e. The molecule has 120 valence electrons. The number of nitrogens with zero attached hydrogens (tertiary/aromatic N) is 1. The predicted molar refractivity (Wildman–Crippen MR) is 84.8 cm³/mol. The molecule has 0 bridgehead atoms. The highest BCUT2D eigenvalue weighted by molar-refractivity contribution is 7.89. The van der Waals surface area contributed by atoms with E-state index in [1.807, 2.05) is 32.9 Å². The molecule has 1 N–H and O–H groups in total. The number of rotatable bonds is 8. The quantitative estimate of drug-likeness (QED) is 0.794. The molecule has 0 aliphatic heterocycles. The summed E-state index contributed by atoms with van der Waals surface area (Å²) >= 11 is 0. The zero-order chi connectivity index (χ0) is 16.0. The van der Waals surface area contributed by atoms with E-state index in [4.69, 9.17) is 4.74 Å². The molecule has 0 heterocycles. The lowest BCUT2D eigenvalue weighted by Gasteiger charge is -2.24. The fraction of sp³-hybridized carbons (Fsp3) is 0.600. The molecule has 1 unspecified atom stereocenters. The second kappa shape index (κ2) is 7.89. The van der Waals surface area contributed by atoms with Gasteiger partial charge in [-0.2, -0.15) is 4.31 Å². The molecular weight excluding hydrogens is 288 g/mol.